The van der Waals surface area contributed by atoms with Crippen molar-refractivity contribution in [3.05, 3.63) is 71.0 Å². The van der Waals surface area contributed by atoms with Crippen LogP contribution in [0.3, 0.4) is 0 Å². The number of nitrogens with zero attached hydrogens (tertiary/aromatic N) is 1. The minimum absolute atomic E-state index is 0.0299. The first-order valence-corrected chi connectivity index (χ1v) is 7.60. The van der Waals surface area contributed by atoms with Crippen LogP contribution in [0.15, 0.2) is 54.1 Å². The van der Waals surface area contributed by atoms with Crippen molar-refractivity contribution in [1.82, 2.24) is 5.32 Å². The number of carbonyl (C=O) groups is 2. The summed E-state index contributed by atoms with van der Waals surface area (Å²) in [7, 11) is 0. The second-order valence-electron chi connectivity index (χ2n) is 5.34. The Morgan fingerprint density at radius 2 is 1.67 bits per heavy atom. The van der Waals surface area contributed by atoms with Gasteiger partial charge in [0.05, 0.1) is 5.69 Å². The lowest BCUT2D eigenvalue weighted by Crippen LogP contribution is -2.54. The fraction of sp³-hybridized carbons (Fsp3) is 0.0556. The number of anilines is 1. The normalized spacial score (nSPS) is 16.5. The van der Waals surface area contributed by atoms with Gasteiger partial charge >= 0.3 is 0 Å². The van der Waals surface area contributed by atoms with Gasteiger partial charge in [-0.2, -0.15) is 0 Å². The molecule has 0 atom stereocenters. The van der Waals surface area contributed by atoms with Gasteiger partial charge in [0.15, 0.2) is 5.11 Å². The van der Waals surface area contributed by atoms with E-state index in [2.05, 4.69) is 5.32 Å². The van der Waals surface area contributed by atoms with Gasteiger partial charge in [-0.1, -0.05) is 29.8 Å². The summed E-state index contributed by atoms with van der Waals surface area (Å²) < 4.78 is 13.1. The summed E-state index contributed by atoms with van der Waals surface area (Å²) in [6.45, 7) is 1.95. The van der Waals surface area contributed by atoms with Gasteiger partial charge in [-0.25, -0.2) is 4.39 Å². The molecule has 0 unspecified atom stereocenters. The molecule has 1 N–H and O–H groups in total. The Hall–Kier alpha value is -2.86. The summed E-state index contributed by atoms with van der Waals surface area (Å²) in [5, 5.41) is 2.46. The molecule has 1 fully saturated rings. The number of amides is 2. The topological polar surface area (TPSA) is 49.4 Å². The molecule has 24 heavy (non-hydrogen) atoms. The van der Waals surface area contributed by atoms with Gasteiger partial charge in [-0.15, -0.1) is 0 Å². The van der Waals surface area contributed by atoms with Gasteiger partial charge < -0.3 is 0 Å². The Morgan fingerprint density at radius 3 is 2.29 bits per heavy atom. The first kappa shape index (κ1) is 16.0. The Bertz CT molecular complexity index is 858. The molecular formula is C18H13FN2O2S. The van der Waals surface area contributed by atoms with Crippen LogP contribution in [0.2, 0.25) is 0 Å². The second kappa shape index (κ2) is 6.33. The number of hydrogen-bond donors (Lipinski definition) is 1. The highest BCUT2D eigenvalue weighted by Gasteiger charge is 2.34. The third kappa shape index (κ3) is 3.09. The van der Waals surface area contributed by atoms with Gasteiger partial charge in [0.25, 0.3) is 11.8 Å². The van der Waals surface area contributed by atoms with Gasteiger partial charge in [-0.05, 0) is 55.0 Å². The number of benzene rings is 2. The lowest BCUT2D eigenvalue weighted by atomic mass is 10.1. The quantitative estimate of drug-likeness (QED) is 0.519. The van der Waals surface area contributed by atoms with Gasteiger partial charge in [0.1, 0.15) is 11.4 Å². The number of carbonyl (C=O) groups excluding carboxylic acids is 2. The van der Waals surface area contributed by atoms with Crippen molar-refractivity contribution in [3.8, 4) is 0 Å². The maximum atomic E-state index is 13.1. The largest absolute Gasteiger partial charge is 0.298 e. The molecule has 0 bridgehead atoms. The zero-order valence-electron chi connectivity index (χ0n) is 12.7. The SMILES string of the molecule is Cc1ccc(/C=C2/C(=O)NC(=S)N(c3ccc(F)cc3)C2=O)cc1. The summed E-state index contributed by atoms with van der Waals surface area (Å²) in [5.74, 6) is -1.52. The fourth-order valence-electron chi connectivity index (χ4n) is 2.31. The third-order valence-electron chi connectivity index (χ3n) is 3.57. The van der Waals surface area contributed by atoms with Crippen LogP contribution in [-0.4, -0.2) is 16.9 Å². The van der Waals surface area contributed by atoms with Crippen molar-refractivity contribution in [3.63, 3.8) is 0 Å². The molecule has 4 nitrogen and oxygen atoms in total. The lowest BCUT2D eigenvalue weighted by Gasteiger charge is -2.28. The molecular weight excluding hydrogens is 327 g/mol. The van der Waals surface area contributed by atoms with Crippen LogP contribution < -0.4 is 10.2 Å². The second-order valence-corrected chi connectivity index (χ2v) is 5.73. The lowest BCUT2D eigenvalue weighted by molar-refractivity contribution is -0.122. The molecule has 0 spiro atoms. The fourth-order valence-corrected chi connectivity index (χ4v) is 2.59. The van der Waals surface area contributed by atoms with Crippen LogP contribution in [0.5, 0.6) is 0 Å². The highest BCUT2D eigenvalue weighted by molar-refractivity contribution is 7.80. The molecule has 1 saturated heterocycles. The summed E-state index contributed by atoms with van der Waals surface area (Å²) in [6.07, 6.45) is 1.51. The number of hydrogen-bond acceptors (Lipinski definition) is 3. The van der Waals surface area contributed by atoms with Crippen LogP contribution in [0.4, 0.5) is 10.1 Å². The van der Waals surface area contributed by atoms with E-state index in [1.165, 1.54) is 35.2 Å². The number of thiocarbonyl (C=S) groups is 1. The summed E-state index contributed by atoms with van der Waals surface area (Å²) in [4.78, 5) is 26.0. The van der Waals surface area contributed by atoms with Crippen molar-refractivity contribution in [1.29, 1.82) is 0 Å². The molecule has 6 heteroatoms. The standard InChI is InChI=1S/C18H13FN2O2S/c1-11-2-4-12(5-3-11)10-15-16(22)20-18(24)21(17(15)23)14-8-6-13(19)7-9-14/h2-10H,1H3,(H,20,22,24)/b15-10-. The van der Waals surface area contributed by atoms with Crippen LogP contribution >= 0.6 is 12.2 Å². The minimum Gasteiger partial charge on any atom is -0.298 e. The summed E-state index contributed by atoms with van der Waals surface area (Å²) in [5.41, 5.74) is 2.16. The maximum absolute atomic E-state index is 13.1. The molecule has 2 aromatic carbocycles. The van der Waals surface area contributed by atoms with Crippen LogP contribution in [0, 0.1) is 12.7 Å². The van der Waals surface area contributed by atoms with Crippen molar-refractivity contribution < 1.29 is 14.0 Å². The molecule has 1 aliphatic rings. The molecule has 0 radical (unpaired) electrons. The molecule has 120 valence electrons. The highest BCUT2D eigenvalue weighted by Crippen LogP contribution is 2.22. The van der Waals surface area contributed by atoms with E-state index in [1.54, 1.807) is 0 Å². The zero-order chi connectivity index (χ0) is 17.3. The van der Waals surface area contributed by atoms with E-state index in [0.717, 1.165) is 11.1 Å². The number of halogens is 1. The average molecular weight is 340 g/mol. The number of aryl methyl sites for hydroxylation is 1. The molecule has 1 aliphatic heterocycles. The van der Waals surface area contributed by atoms with Crippen molar-refractivity contribution >= 4 is 40.9 Å². The number of nitrogens with one attached hydrogen (secondary N) is 1. The van der Waals surface area contributed by atoms with E-state index >= 15 is 0 Å². The molecule has 3 rings (SSSR count). The van der Waals surface area contributed by atoms with Crippen molar-refractivity contribution in [2.24, 2.45) is 0 Å². The van der Waals surface area contributed by atoms with Gasteiger partial charge in [0, 0.05) is 0 Å². The van der Waals surface area contributed by atoms with Gasteiger partial charge in [0.2, 0.25) is 0 Å². The minimum atomic E-state index is -0.552. The van der Waals surface area contributed by atoms with E-state index in [4.69, 9.17) is 12.2 Å². The maximum Gasteiger partial charge on any atom is 0.270 e. The molecule has 2 aromatic rings. The van der Waals surface area contributed by atoms with E-state index in [1.807, 2.05) is 31.2 Å². The van der Waals surface area contributed by atoms with E-state index in [0.29, 0.717) is 5.69 Å². The van der Waals surface area contributed by atoms with Crippen LogP contribution in [0.25, 0.3) is 6.08 Å². The molecule has 0 aromatic heterocycles. The monoisotopic (exact) mass is 340 g/mol. The average Bonchev–Trinajstić information content (AvgIpc) is 2.55. The van der Waals surface area contributed by atoms with Gasteiger partial charge in [-0.3, -0.25) is 19.8 Å². The first-order chi connectivity index (χ1) is 11.5. The van der Waals surface area contributed by atoms with Crippen LogP contribution in [0.1, 0.15) is 11.1 Å². The Kier molecular flexibility index (Phi) is 4.22. The van der Waals surface area contributed by atoms with Crippen molar-refractivity contribution in [2.45, 2.75) is 6.92 Å². The molecule has 0 saturated carbocycles. The third-order valence-corrected chi connectivity index (χ3v) is 3.86. The first-order valence-electron chi connectivity index (χ1n) is 7.19. The van der Waals surface area contributed by atoms with Crippen molar-refractivity contribution in [2.75, 3.05) is 4.90 Å². The smallest absolute Gasteiger partial charge is 0.270 e. The molecule has 2 amide bonds. The Morgan fingerprint density at radius 1 is 1.04 bits per heavy atom. The zero-order valence-corrected chi connectivity index (χ0v) is 13.6. The predicted octanol–water partition coefficient (Wildman–Crippen LogP) is 2.97. The van der Waals surface area contributed by atoms with Crippen LogP contribution in [-0.2, 0) is 9.59 Å². The summed E-state index contributed by atoms with van der Waals surface area (Å²) in [6, 6.07) is 12.7. The van der Waals surface area contributed by atoms with E-state index in [9.17, 15) is 14.0 Å². The Labute approximate surface area is 143 Å². The number of rotatable bonds is 2. The Balaban J connectivity index is 1.99. The molecule has 1 heterocycles. The van der Waals surface area contributed by atoms with E-state index in [-0.39, 0.29) is 10.7 Å². The summed E-state index contributed by atoms with van der Waals surface area (Å²) >= 11 is 5.08. The van der Waals surface area contributed by atoms with E-state index < -0.39 is 17.6 Å². The predicted molar refractivity (Wildman–Crippen MR) is 93.8 cm³/mol. The molecule has 0 aliphatic carbocycles. The highest BCUT2D eigenvalue weighted by atomic mass is 32.1.